The van der Waals surface area contributed by atoms with Crippen LogP contribution in [0.4, 0.5) is 5.82 Å². The highest BCUT2D eigenvalue weighted by molar-refractivity contribution is 6.31. The van der Waals surface area contributed by atoms with Gasteiger partial charge < -0.3 is 10.0 Å². The van der Waals surface area contributed by atoms with E-state index < -0.39 is 0 Å². The summed E-state index contributed by atoms with van der Waals surface area (Å²) in [6.45, 7) is 4.54. The molecule has 3 rings (SSSR count). The first kappa shape index (κ1) is 14.1. The Hall–Kier alpha value is -0.840. The first-order chi connectivity index (χ1) is 9.78. The normalized spacial score (nSPS) is 24.3. The standard InChI is InChI=1S/C15H22ClN3O/c16-14-9-17-15(8-12(14)11-20)19-7-4-13(10-19)18-5-2-1-3-6-18/h8-9,13,20H,1-7,10-11H2. The molecule has 1 unspecified atom stereocenters. The number of hydrogen-bond donors (Lipinski definition) is 1. The van der Waals surface area contributed by atoms with Crippen LogP contribution in [0.1, 0.15) is 31.2 Å². The van der Waals surface area contributed by atoms with Crippen LogP contribution in [0.3, 0.4) is 0 Å². The van der Waals surface area contributed by atoms with E-state index in [1.807, 2.05) is 6.07 Å². The van der Waals surface area contributed by atoms with Crippen LogP contribution in [0.25, 0.3) is 0 Å². The Labute approximate surface area is 125 Å². The maximum absolute atomic E-state index is 9.30. The van der Waals surface area contributed by atoms with Gasteiger partial charge in [0.05, 0.1) is 11.6 Å². The van der Waals surface area contributed by atoms with E-state index in [2.05, 4.69) is 14.8 Å². The summed E-state index contributed by atoms with van der Waals surface area (Å²) < 4.78 is 0. The van der Waals surface area contributed by atoms with Crippen molar-refractivity contribution in [2.24, 2.45) is 0 Å². The third kappa shape index (κ3) is 2.92. The average molecular weight is 296 g/mol. The van der Waals surface area contributed by atoms with E-state index in [4.69, 9.17) is 11.6 Å². The summed E-state index contributed by atoms with van der Waals surface area (Å²) in [4.78, 5) is 9.36. The number of anilines is 1. The molecule has 1 aromatic rings. The predicted octanol–water partition coefficient (Wildman–Crippen LogP) is 2.29. The third-order valence-electron chi connectivity index (χ3n) is 4.49. The number of aliphatic hydroxyl groups excluding tert-OH is 1. The van der Waals surface area contributed by atoms with Crippen molar-refractivity contribution in [3.63, 3.8) is 0 Å². The molecule has 1 atom stereocenters. The Balaban J connectivity index is 1.67. The Morgan fingerprint density at radius 1 is 1.25 bits per heavy atom. The number of aliphatic hydroxyl groups is 1. The molecule has 2 aliphatic heterocycles. The van der Waals surface area contributed by atoms with Crippen LogP contribution in [0.2, 0.25) is 5.02 Å². The van der Waals surface area contributed by atoms with Crippen molar-refractivity contribution >= 4 is 17.4 Å². The maximum Gasteiger partial charge on any atom is 0.128 e. The lowest BCUT2D eigenvalue weighted by Gasteiger charge is -2.32. The van der Waals surface area contributed by atoms with E-state index in [1.165, 1.54) is 38.8 Å². The fourth-order valence-electron chi connectivity index (χ4n) is 3.29. The van der Waals surface area contributed by atoms with Gasteiger partial charge in [0.15, 0.2) is 0 Å². The van der Waals surface area contributed by atoms with Crippen LogP contribution in [-0.4, -0.2) is 47.2 Å². The Morgan fingerprint density at radius 3 is 2.80 bits per heavy atom. The molecule has 110 valence electrons. The molecule has 2 saturated heterocycles. The number of rotatable bonds is 3. The van der Waals surface area contributed by atoms with Crippen molar-refractivity contribution in [3.05, 3.63) is 22.8 Å². The lowest BCUT2D eigenvalue weighted by Crippen LogP contribution is -2.40. The first-order valence-corrected chi connectivity index (χ1v) is 7.90. The zero-order valence-electron chi connectivity index (χ0n) is 11.8. The molecule has 3 heterocycles. The minimum absolute atomic E-state index is 0.0300. The van der Waals surface area contributed by atoms with Crippen LogP contribution in [0, 0.1) is 0 Å². The number of pyridine rings is 1. The molecule has 0 aromatic carbocycles. The molecule has 2 fully saturated rings. The molecular formula is C15H22ClN3O. The summed E-state index contributed by atoms with van der Waals surface area (Å²) in [6.07, 6.45) is 6.91. The zero-order chi connectivity index (χ0) is 13.9. The minimum atomic E-state index is -0.0300. The highest BCUT2D eigenvalue weighted by Gasteiger charge is 2.29. The average Bonchev–Trinajstić information content (AvgIpc) is 2.98. The highest BCUT2D eigenvalue weighted by atomic mass is 35.5. The molecule has 5 heteroatoms. The molecule has 4 nitrogen and oxygen atoms in total. The second-order valence-electron chi connectivity index (χ2n) is 5.78. The fraction of sp³-hybridized carbons (Fsp3) is 0.667. The number of nitrogens with zero attached hydrogens (tertiary/aromatic N) is 3. The quantitative estimate of drug-likeness (QED) is 0.929. The highest BCUT2D eigenvalue weighted by Crippen LogP contribution is 2.26. The third-order valence-corrected chi connectivity index (χ3v) is 4.83. The van der Waals surface area contributed by atoms with Crippen molar-refractivity contribution in [1.82, 2.24) is 9.88 Å². The smallest absolute Gasteiger partial charge is 0.128 e. The van der Waals surface area contributed by atoms with E-state index in [0.717, 1.165) is 24.5 Å². The molecule has 0 radical (unpaired) electrons. The van der Waals surface area contributed by atoms with Gasteiger partial charge in [-0.25, -0.2) is 4.98 Å². The molecule has 20 heavy (non-hydrogen) atoms. The Kier molecular flexibility index (Phi) is 4.44. The van der Waals surface area contributed by atoms with E-state index in [1.54, 1.807) is 6.20 Å². The van der Waals surface area contributed by atoms with Gasteiger partial charge in [0.2, 0.25) is 0 Å². The number of hydrogen-bond acceptors (Lipinski definition) is 4. The molecule has 0 bridgehead atoms. The number of aromatic nitrogens is 1. The topological polar surface area (TPSA) is 39.6 Å². The first-order valence-electron chi connectivity index (χ1n) is 7.52. The minimum Gasteiger partial charge on any atom is -0.392 e. The van der Waals surface area contributed by atoms with Gasteiger partial charge in [-0.1, -0.05) is 18.0 Å². The molecule has 0 amide bonds. The van der Waals surface area contributed by atoms with Gasteiger partial charge in [0, 0.05) is 30.9 Å². The zero-order valence-corrected chi connectivity index (χ0v) is 12.5. The van der Waals surface area contributed by atoms with Crippen molar-refractivity contribution in [1.29, 1.82) is 0 Å². The van der Waals surface area contributed by atoms with Crippen LogP contribution in [0.5, 0.6) is 0 Å². The monoisotopic (exact) mass is 295 g/mol. The lowest BCUT2D eigenvalue weighted by molar-refractivity contribution is 0.175. The predicted molar refractivity (Wildman–Crippen MR) is 81.2 cm³/mol. The van der Waals surface area contributed by atoms with Crippen LogP contribution < -0.4 is 4.90 Å². The van der Waals surface area contributed by atoms with Gasteiger partial charge >= 0.3 is 0 Å². The summed E-state index contributed by atoms with van der Waals surface area (Å²) in [7, 11) is 0. The van der Waals surface area contributed by atoms with Gasteiger partial charge in [0.25, 0.3) is 0 Å². The van der Waals surface area contributed by atoms with E-state index in [9.17, 15) is 5.11 Å². The molecule has 0 aliphatic carbocycles. The van der Waals surface area contributed by atoms with Crippen LogP contribution in [0.15, 0.2) is 12.3 Å². The van der Waals surface area contributed by atoms with Gasteiger partial charge in [-0.3, -0.25) is 4.90 Å². The molecule has 2 aliphatic rings. The Morgan fingerprint density at radius 2 is 2.05 bits per heavy atom. The van der Waals surface area contributed by atoms with Crippen molar-refractivity contribution in [2.45, 2.75) is 38.3 Å². The number of piperidine rings is 1. The largest absolute Gasteiger partial charge is 0.392 e. The van der Waals surface area contributed by atoms with Crippen LogP contribution in [-0.2, 0) is 6.61 Å². The SMILES string of the molecule is OCc1cc(N2CCC(N3CCCCC3)C2)ncc1Cl. The molecule has 1 N–H and O–H groups in total. The number of likely N-dealkylation sites (tertiary alicyclic amines) is 1. The maximum atomic E-state index is 9.30. The summed E-state index contributed by atoms with van der Waals surface area (Å²) in [6, 6.07) is 2.58. The summed E-state index contributed by atoms with van der Waals surface area (Å²) in [5.41, 5.74) is 0.762. The van der Waals surface area contributed by atoms with Crippen molar-refractivity contribution in [3.8, 4) is 0 Å². The van der Waals surface area contributed by atoms with Crippen molar-refractivity contribution in [2.75, 3.05) is 31.1 Å². The molecule has 0 spiro atoms. The fourth-order valence-corrected chi connectivity index (χ4v) is 3.46. The Bertz CT molecular complexity index is 462. The number of halogens is 1. The van der Waals surface area contributed by atoms with Crippen molar-refractivity contribution < 1.29 is 5.11 Å². The van der Waals surface area contributed by atoms with E-state index in [-0.39, 0.29) is 6.61 Å². The van der Waals surface area contributed by atoms with E-state index in [0.29, 0.717) is 11.1 Å². The molecule has 0 saturated carbocycles. The molecular weight excluding hydrogens is 274 g/mol. The summed E-state index contributed by atoms with van der Waals surface area (Å²) in [5.74, 6) is 0.943. The van der Waals surface area contributed by atoms with Gasteiger partial charge in [-0.05, 0) is 38.4 Å². The second-order valence-corrected chi connectivity index (χ2v) is 6.18. The summed E-state index contributed by atoms with van der Waals surface area (Å²) in [5, 5.41) is 9.85. The van der Waals surface area contributed by atoms with Gasteiger partial charge in [0.1, 0.15) is 5.82 Å². The van der Waals surface area contributed by atoms with E-state index >= 15 is 0 Å². The summed E-state index contributed by atoms with van der Waals surface area (Å²) >= 11 is 6.00. The van der Waals surface area contributed by atoms with Gasteiger partial charge in [-0.15, -0.1) is 0 Å². The second kappa shape index (κ2) is 6.29. The molecule has 1 aromatic heterocycles. The van der Waals surface area contributed by atoms with Gasteiger partial charge in [-0.2, -0.15) is 0 Å². The lowest BCUT2D eigenvalue weighted by atomic mass is 10.1. The van der Waals surface area contributed by atoms with Crippen LogP contribution >= 0.6 is 11.6 Å².